The first-order chi connectivity index (χ1) is 20.2. The van der Waals surface area contributed by atoms with Crippen molar-refractivity contribution in [3.63, 3.8) is 0 Å². The van der Waals surface area contributed by atoms with Gasteiger partial charge in [-0.15, -0.1) is 0 Å². The number of carbonyl (C=O) groups excluding carboxylic acids is 5. The van der Waals surface area contributed by atoms with E-state index in [4.69, 9.17) is 0 Å². The maximum absolute atomic E-state index is 13.7. The van der Waals surface area contributed by atoms with Crippen molar-refractivity contribution in [3.8, 4) is 0 Å². The normalized spacial score (nSPS) is 24.4. The Hall–Kier alpha value is -4.42. The number of hydrogen-bond donors (Lipinski definition) is 7. The highest BCUT2D eigenvalue weighted by atomic mass is 16.4. The first kappa shape index (κ1) is 33.1. The van der Waals surface area contributed by atoms with E-state index in [9.17, 15) is 33.9 Å². The highest BCUT2D eigenvalue weighted by Crippen LogP contribution is 2.20. The third-order valence-corrected chi connectivity index (χ3v) is 7.18. The molecule has 0 bridgehead atoms. The predicted molar refractivity (Wildman–Crippen MR) is 158 cm³/mol. The monoisotopic (exact) mass is 598 g/mol. The molecule has 1 aliphatic rings. The summed E-state index contributed by atoms with van der Waals surface area (Å²) in [6.45, 7) is 8.91. The van der Waals surface area contributed by atoms with Crippen LogP contribution >= 0.6 is 0 Å². The van der Waals surface area contributed by atoms with E-state index >= 15 is 0 Å². The number of rotatable bonds is 8. The molecule has 13 heteroatoms. The fourth-order valence-electron chi connectivity index (χ4n) is 5.01. The molecule has 5 amide bonds. The summed E-state index contributed by atoms with van der Waals surface area (Å²) in [5.41, 5.74) is 1.52. The topological polar surface area (TPSA) is 199 Å². The van der Waals surface area contributed by atoms with Gasteiger partial charge in [0.05, 0.1) is 6.42 Å². The predicted octanol–water partition coefficient (Wildman–Crippen LogP) is 0.735. The fourth-order valence-corrected chi connectivity index (χ4v) is 5.01. The number of carbonyl (C=O) groups is 6. The zero-order valence-electron chi connectivity index (χ0n) is 25.2. The number of aromatic amines is 1. The number of aromatic nitrogens is 1. The van der Waals surface area contributed by atoms with Crippen LogP contribution in [0.1, 0.15) is 59.4 Å². The zero-order chi connectivity index (χ0) is 31.8. The molecule has 1 aromatic carbocycles. The minimum atomic E-state index is -1.54. The van der Waals surface area contributed by atoms with Gasteiger partial charge in [0, 0.05) is 23.5 Å². The van der Waals surface area contributed by atoms with Gasteiger partial charge in [0.2, 0.25) is 29.5 Å². The number of aliphatic carboxylic acids is 1. The van der Waals surface area contributed by atoms with Gasteiger partial charge in [0.1, 0.15) is 30.2 Å². The Morgan fingerprint density at radius 2 is 1.21 bits per heavy atom. The summed E-state index contributed by atoms with van der Waals surface area (Å²) < 4.78 is 0. The molecule has 0 aliphatic carbocycles. The van der Waals surface area contributed by atoms with Crippen molar-refractivity contribution in [1.82, 2.24) is 31.6 Å². The molecule has 2 aromatic rings. The Bertz CT molecular complexity index is 1350. The van der Waals surface area contributed by atoms with Crippen LogP contribution in [0.2, 0.25) is 0 Å². The van der Waals surface area contributed by atoms with Crippen LogP contribution in [0.15, 0.2) is 30.5 Å². The van der Waals surface area contributed by atoms with Gasteiger partial charge in [-0.2, -0.15) is 0 Å². The van der Waals surface area contributed by atoms with Gasteiger partial charge in [-0.3, -0.25) is 28.8 Å². The lowest BCUT2D eigenvalue weighted by Crippen LogP contribution is -2.58. The lowest BCUT2D eigenvalue weighted by molar-refractivity contribution is -0.141. The molecular weight excluding hydrogens is 556 g/mol. The molecule has 1 saturated heterocycles. The quantitative estimate of drug-likeness (QED) is 0.232. The van der Waals surface area contributed by atoms with Crippen LogP contribution in [0.25, 0.3) is 10.9 Å². The smallest absolute Gasteiger partial charge is 0.305 e. The first-order valence-corrected chi connectivity index (χ1v) is 14.5. The number of carboxylic acids is 1. The fraction of sp³-hybridized carbons (Fsp3) is 0.533. The first-order valence-electron chi connectivity index (χ1n) is 14.5. The van der Waals surface area contributed by atoms with Gasteiger partial charge in [-0.05, 0) is 43.2 Å². The van der Waals surface area contributed by atoms with Crippen molar-refractivity contribution in [2.45, 2.75) is 90.5 Å². The zero-order valence-corrected chi connectivity index (χ0v) is 25.2. The number of fused-ring (bicyclic) bond motifs is 1. The second-order valence-electron chi connectivity index (χ2n) is 11.9. The molecule has 5 atom stereocenters. The van der Waals surface area contributed by atoms with Crippen molar-refractivity contribution in [3.05, 3.63) is 36.0 Å². The number of hydrogen-bond acceptors (Lipinski definition) is 6. The van der Waals surface area contributed by atoms with E-state index in [1.54, 1.807) is 6.20 Å². The molecule has 1 aliphatic heterocycles. The number of benzene rings is 1. The lowest BCUT2D eigenvalue weighted by Gasteiger charge is -2.27. The average molecular weight is 599 g/mol. The van der Waals surface area contributed by atoms with Crippen molar-refractivity contribution < 1.29 is 33.9 Å². The molecule has 43 heavy (non-hydrogen) atoms. The van der Waals surface area contributed by atoms with Crippen LogP contribution in [0.4, 0.5) is 0 Å². The van der Waals surface area contributed by atoms with Crippen LogP contribution in [-0.4, -0.2) is 75.8 Å². The minimum absolute atomic E-state index is 0.00253. The van der Waals surface area contributed by atoms with E-state index in [0.717, 1.165) is 10.9 Å². The lowest BCUT2D eigenvalue weighted by atomic mass is 9.99. The van der Waals surface area contributed by atoms with Gasteiger partial charge >= 0.3 is 5.97 Å². The summed E-state index contributed by atoms with van der Waals surface area (Å²) in [7, 11) is 0. The summed E-state index contributed by atoms with van der Waals surface area (Å²) in [5.74, 6) is -4.92. The second kappa shape index (κ2) is 14.7. The van der Waals surface area contributed by atoms with E-state index in [1.807, 2.05) is 52.0 Å². The molecule has 0 radical (unpaired) electrons. The number of H-pyrrole nitrogens is 1. The number of para-hydroxylation sites is 1. The summed E-state index contributed by atoms with van der Waals surface area (Å²) >= 11 is 0. The molecule has 1 fully saturated rings. The van der Waals surface area contributed by atoms with E-state index in [2.05, 4.69) is 31.6 Å². The Balaban J connectivity index is 2.05. The van der Waals surface area contributed by atoms with Gasteiger partial charge < -0.3 is 36.7 Å². The highest BCUT2D eigenvalue weighted by molar-refractivity contribution is 5.99. The standard InChI is InChI=1S/C30H42N6O7/c1-15(2)10-21-28(41)34-22(11-16(3)4)29(42)35-23(12-18-14-31-20-9-7-6-8-19(18)20)30(43)36-24(13-25(37)38)27(40)32-17(5)26(39)33-21/h6-9,14-17,21-24,31H,10-13H2,1-5H3,(H,32,40)(H,33,39)(H,34,41)(H,35,42)(H,36,43)(H,37,38)/t17-,21+,22-,23+,24+/m0/s1. The van der Waals surface area contributed by atoms with Crippen LogP contribution in [0.5, 0.6) is 0 Å². The van der Waals surface area contributed by atoms with Crippen LogP contribution < -0.4 is 26.6 Å². The SMILES string of the molecule is CC(C)C[C@@H]1NC(=O)[C@@H](CC(C)C)NC(=O)[C@H](C)NC(=O)[C@@H](CC(=O)O)NC(=O)[C@@H](Cc2c[nH]c3ccccc23)NC1=O. The van der Waals surface area contributed by atoms with E-state index in [0.29, 0.717) is 5.56 Å². The van der Waals surface area contributed by atoms with Gasteiger partial charge in [-0.25, -0.2) is 0 Å². The van der Waals surface area contributed by atoms with Crippen molar-refractivity contribution in [2.75, 3.05) is 0 Å². The highest BCUT2D eigenvalue weighted by Gasteiger charge is 2.35. The molecule has 2 heterocycles. The number of nitrogens with one attached hydrogen (secondary N) is 6. The number of amides is 5. The third kappa shape index (κ3) is 9.29. The molecular formula is C30H42N6O7. The Labute approximate surface area is 250 Å². The van der Waals surface area contributed by atoms with Crippen molar-refractivity contribution >= 4 is 46.4 Å². The van der Waals surface area contributed by atoms with Crippen molar-refractivity contribution in [2.24, 2.45) is 11.8 Å². The Kier molecular flexibility index (Phi) is 11.3. The van der Waals surface area contributed by atoms with Crippen LogP contribution in [0.3, 0.4) is 0 Å². The maximum Gasteiger partial charge on any atom is 0.305 e. The van der Waals surface area contributed by atoms with Gasteiger partial charge in [0.15, 0.2) is 0 Å². The summed E-state index contributed by atoms with van der Waals surface area (Å²) in [6.07, 6.45) is 1.48. The second-order valence-corrected chi connectivity index (χ2v) is 11.9. The van der Waals surface area contributed by atoms with E-state index in [-0.39, 0.29) is 31.1 Å². The average Bonchev–Trinajstić information content (AvgIpc) is 3.32. The molecule has 3 rings (SSSR count). The number of carboxylic acid groups (broad SMARTS) is 1. The molecule has 13 nitrogen and oxygen atoms in total. The molecule has 0 unspecified atom stereocenters. The van der Waals surface area contributed by atoms with E-state index in [1.165, 1.54) is 6.92 Å². The molecule has 234 valence electrons. The van der Waals surface area contributed by atoms with Crippen LogP contribution in [-0.2, 0) is 35.2 Å². The minimum Gasteiger partial charge on any atom is -0.481 e. The van der Waals surface area contributed by atoms with E-state index < -0.39 is 72.1 Å². The summed E-state index contributed by atoms with van der Waals surface area (Å²) in [6, 6.07) is 1.45. The Morgan fingerprint density at radius 1 is 0.721 bits per heavy atom. The van der Waals surface area contributed by atoms with Crippen LogP contribution in [0, 0.1) is 11.8 Å². The maximum atomic E-state index is 13.7. The third-order valence-electron chi connectivity index (χ3n) is 7.18. The van der Waals surface area contributed by atoms with Gasteiger partial charge in [-0.1, -0.05) is 45.9 Å². The van der Waals surface area contributed by atoms with Gasteiger partial charge in [0.25, 0.3) is 0 Å². The largest absolute Gasteiger partial charge is 0.481 e. The molecule has 7 N–H and O–H groups in total. The molecule has 0 saturated carbocycles. The van der Waals surface area contributed by atoms with Crippen molar-refractivity contribution in [1.29, 1.82) is 0 Å². The Morgan fingerprint density at radius 3 is 1.79 bits per heavy atom. The summed E-state index contributed by atoms with van der Waals surface area (Å²) in [4.78, 5) is 81.6. The molecule has 1 aromatic heterocycles. The summed E-state index contributed by atoms with van der Waals surface area (Å²) in [5, 5.41) is 23.3. The molecule has 0 spiro atoms.